The molecule has 2 saturated heterocycles. The Hall–Kier alpha value is -0.0400. The van der Waals surface area contributed by atoms with Gasteiger partial charge in [0.1, 0.15) is 0 Å². The summed E-state index contributed by atoms with van der Waals surface area (Å²) < 4.78 is 0. The molecule has 1 spiro atoms. The minimum atomic E-state index is 0.514. The third kappa shape index (κ3) is 2.35. The summed E-state index contributed by atoms with van der Waals surface area (Å²) in [6.45, 7) is 10.1. The third-order valence-corrected chi connectivity index (χ3v) is 6.18. The van der Waals surface area contributed by atoms with Gasteiger partial charge in [0.2, 0.25) is 0 Å². The van der Waals surface area contributed by atoms with Crippen LogP contribution in [0.4, 0.5) is 0 Å². The van der Waals surface area contributed by atoms with E-state index in [-0.39, 0.29) is 0 Å². The molecule has 2 atom stereocenters. The van der Waals surface area contributed by atoms with E-state index in [0.717, 1.165) is 17.4 Å². The monoisotopic (exact) mass is 249 g/mol. The van der Waals surface area contributed by atoms with E-state index in [9.17, 15) is 0 Å². The summed E-state index contributed by atoms with van der Waals surface area (Å²) in [6, 6.07) is 0.965. The van der Waals surface area contributed by atoms with Crippen LogP contribution in [0.5, 0.6) is 0 Å². The third-order valence-electron chi connectivity index (χ3n) is 6.18. The highest BCUT2D eigenvalue weighted by molar-refractivity contribution is 5.05. The van der Waals surface area contributed by atoms with Crippen LogP contribution in [0.2, 0.25) is 0 Å². The SMILES string of the molecule is CC(C)(C)C1CCCC2N(CCCC23CC3)CC1. The van der Waals surface area contributed by atoms with Crippen LogP contribution in [0.25, 0.3) is 0 Å². The first-order chi connectivity index (χ1) is 8.51. The number of nitrogens with zero attached hydrogens (tertiary/aromatic N) is 1. The number of piperidine rings is 1. The average molecular weight is 249 g/mol. The molecule has 0 amide bonds. The van der Waals surface area contributed by atoms with Gasteiger partial charge >= 0.3 is 0 Å². The highest BCUT2D eigenvalue weighted by atomic mass is 15.2. The van der Waals surface area contributed by atoms with Crippen molar-refractivity contribution in [1.82, 2.24) is 4.90 Å². The van der Waals surface area contributed by atoms with Crippen LogP contribution in [0, 0.1) is 16.7 Å². The van der Waals surface area contributed by atoms with Gasteiger partial charge in [0.05, 0.1) is 0 Å². The van der Waals surface area contributed by atoms with Crippen LogP contribution in [0.15, 0.2) is 0 Å². The molecule has 104 valence electrons. The molecular formula is C17H31N. The van der Waals surface area contributed by atoms with Crippen molar-refractivity contribution in [2.45, 2.75) is 78.2 Å². The lowest BCUT2D eigenvalue weighted by atomic mass is 9.73. The lowest BCUT2D eigenvalue weighted by Crippen LogP contribution is -2.48. The highest BCUT2D eigenvalue weighted by Crippen LogP contribution is 2.57. The Labute approximate surface area is 113 Å². The summed E-state index contributed by atoms with van der Waals surface area (Å²) in [4.78, 5) is 2.88. The molecule has 3 rings (SSSR count). The Bertz CT molecular complexity index is 297. The number of rotatable bonds is 0. The molecule has 2 unspecified atom stereocenters. The van der Waals surface area contributed by atoms with E-state index in [4.69, 9.17) is 0 Å². The molecule has 3 aliphatic rings. The summed E-state index contributed by atoms with van der Waals surface area (Å²) in [5, 5.41) is 0. The van der Waals surface area contributed by atoms with E-state index >= 15 is 0 Å². The van der Waals surface area contributed by atoms with E-state index < -0.39 is 0 Å². The fraction of sp³-hybridized carbons (Fsp3) is 1.00. The van der Waals surface area contributed by atoms with Crippen LogP contribution >= 0.6 is 0 Å². The van der Waals surface area contributed by atoms with Crippen molar-refractivity contribution in [3.05, 3.63) is 0 Å². The molecule has 2 heterocycles. The van der Waals surface area contributed by atoms with Crippen LogP contribution in [0.1, 0.15) is 72.1 Å². The molecular weight excluding hydrogens is 218 g/mol. The largest absolute Gasteiger partial charge is 0.300 e. The molecule has 0 aromatic carbocycles. The standard InChI is InChI=1S/C17H31N/c1-16(2,3)14-6-4-7-15-17(10-11-17)9-5-12-18(15)13-8-14/h14-15H,4-13H2,1-3H3. The van der Waals surface area contributed by atoms with Crippen LogP contribution in [0.3, 0.4) is 0 Å². The number of fused-ring (bicyclic) bond motifs is 2. The molecule has 3 fully saturated rings. The molecule has 0 aromatic heterocycles. The molecule has 0 aromatic rings. The van der Waals surface area contributed by atoms with Crippen LogP contribution in [-0.2, 0) is 0 Å². The molecule has 0 N–H and O–H groups in total. The normalized spacial score (nSPS) is 36.8. The Morgan fingerprint density at radius 3 is 2.33 bits per heavy atom. The molecule has 0 bridgehead atoms. The zero-order chi connectivity index (χ0) is 12.8. The summed E-state index contributed by atoms with van der Waals surface area (Å²) in [6.07, 6.45) is 12.0. The second-order valence-corrected chi connectivity index (χ2v) is 8.30. The van der Waals surface area contributed by atoms with Gasteiger partial charge in [-0.2, -0.15) is 0 Å². The Morgan fingerprint density at radius 1 is 0.889 bits per heavy atom. The van der Waals surface area contributed by atoms with E-state index in [1.807, 2.05) is 0 Å². The smallest absolute Gasteiger partial charge is 0.0152 e. The Kier molecular flexibility index (Phi) is 3.25. The van der Waals surface area contributed by atoms with Crippen molar-refractivity contribution >= 4 is 0 Å². The second kappa shape index (κ2) is 4.51. The summed E-state index contributed by atoms with van der Waals surface area (Å²) in [5.41, 5.74) is 1.31. The molecule has 1 aliphatic carbocycles. The lowest BCUT2D eigenvalue weighted by molar-refractivity contribution is 0.0402. The summed E-state index contributed by atoms with van der Waals surface area (Å²) >= 11 is 0. The van der Waals surface area contributed by atoms with Crippen LogP contribution in [-0.4, -0.2) is 24.0 Å². The zero-order valence-electron chi connectivity index (χ0n) is 12.7. The lowest BCUT2D eigenvalue weighted by Gasteiger charge is -2.45. The first-order valence-corrected chi connectivity index (χ1v) is 8.25. The Morgan fingerprint density at radius 2 is 1.67 bits per heavy atom. The van der Waals surface area contributed by atoms with E-state index in [0.29, 0.717) is 5.41 Å². The van der Waals surface area contributed by atoms with Gasteiger partial charge in [-0.05, 0) is 74.8 Å². The van der Waals surface area contributed by atoms with Crippen LogP contribution < -0.4 is 0 Å². The maximum atomic E-state index is 2.88. The van der Waals surface area contributed by atoms with Gasteiger partial charge in [0, 0.05) is 6.04 Å². The predicted octanol–water partition coefficient (Wildman–Crippen LogP) is 4.47. The van der Waals surface area contributed by atoms with Gasteiger partial charge in [0.15, 0.2) is 0 Å². The van der Waals surface area contributed by atoms with Crippen molar-refractivity contribution in [3.63, 3.8) is 0 Å². The first-order valence-electron chi connectivity index (χ1n) is 8.25. The van der Waals surface area contributed by atoms with E-state index in [1.165, 1.54) is 64.5 Å². The fourth-order valence-corrected chi connectivity index (χ4v) is 4.73. The zero-order valence-corrected chi connectivity index (χ0v) is 12.7. The average Bonchev–Trinajstić information content (AvgIpc) is 2.99. The summed E-state index contributed by atoms with van der Waals surface area (Å²) in [7, 11) is 0. The van der Waals surface area contributed by atoms with Crippen molar-refractivity contribution in [2.75, 3.05) is 13.1 Å². The second-order valence-electron chi connectivity index (χ2n) is 8.30. The van der Waals surface area contributed by atoms with Gasteiger partial charge in [-0.15, -0.1) is 0 Å². The number of hydrogen-bond acceptors (Lipinski definition) is 1. The van der Waals surface area contributed by atoms with E-state index in [2.05, 4.69) is 25.7 Å². The van der Waals surface area contributed by atoms with E-state index in [1.54, 1.807) is 0 Å². The van der Waals surface area contributed by atoms with Gasteiger partial charge in [-0.25, -0.2) is 0 Å². The first kappa shape index (κ1) is 13.0. The summed E-state index contributed by atoms with van der Waals surface area (Å²) in [5.74, 6) is 0.940. The fourth-order valence-electron chi connectivity index (χ4n) is 4.73. The molecule has 0 radical (unpaired) electrons. The van der Waals surface area contributed by atoms with Crippen molar-refractivity contribution in [2.24, 2.45) is 16.7 Å². The topological polar surface area (TPSA) is 3.24 Å². The minimum absolute atomic E-state index is 0.514. The molecule has 18 heavy (non-hydrogen) atoms. The molecule has 1 nitrogen and oxygen atoms in total. The molecule has 2 aliphatic heterocycles. The highest BCUT2D eigenvalue weighted by Gasteiger charge is 2.52. The van der Waals surface area contributed by atoms with Gasteiger partial charge in [-0.3, -0.25) is 4.90 Å². The number of hydrogen-bond donors (Lipinski definition) is 0. The van der Waals surface area contributed by atoms with Gasteiger partial charge < -0.3 is 0 Å². The Balaban J connectivity index is 1.67. The van der Waals surface area contributed by atoms with Crippen molar-refractivity contribution in [3.8, 4) is 0 Å². The quantitative estimate of drug-likeness (QED) is 0.612. The van der Waals surface area contributed by atoms with Gasteiger partial charge in [-0.1, -0.05) is 27.2 Å². The maximum Gasteiger partial charge on any atom is 0.0152 e. The predicted molar refractivity (Wildman–Crippen MR) is 77.7 cm³/mol. The van der Waals surface area contributed by atoms with Crippen molar-refractivity contribution in [1.29, 1.82) is 0 Å². The minimum Gasteiger partial charge on any atom is -0.300 e. The maximum absolute atomic E-state index is 2.88. The van der Waals surface area contributed by atoms with Crippen molar-refractivity contribution < 1.29 is 0 Å². The molecule has 1 saturated carbocycles. The van der Waals surface area contributed by atoms with Gasteiger partial charge in [0.25, 0.3) is 0 Å². The molecule has 1 heteroatoms.